The van der Waals surface area contributed by atoms with Gasteiger partial charge in [-0.1, -0.05) is 94.4 Å². The molecule has 0 bridgehead atoms. The highest BCUT2D eigenvalue weighted by Crippen LogP contribution is 2.55. The Morgan fingerprint density at radius 2 is 1.20 bits per heavy atom. The van der Waals surface area contributed by atoms with Crippen LogP contribution in [0.4, 0.5) is 17.1 Å². The quantitative estimate of drug-likeness (QED) is 0.0846. The Morgan fingerprint density at radius 3 is 1.83 bits per heavy atom. The molecule has 11 aliphatic rings. The SMILES string of the molecule is CC1N=c2c(cc3c(c2S(=O)(=O)O)Oc2c(cc4c(c2S(=O)(=O)[O-])NC(C)C4(C)C)C=3c2ccc(C(=O)O)cc2)C1(C)C.CCN1c2cc3c(cc2C(C)=CC1(C)C)C(c1ccccc1C(=O)[O-])=c1cc2c(cc1O3)=[N+](CC)C(C)(C)C=C2C.O=C([O-])c1ccccc1C1=c2cc3c4c(c2Oc2c1cc1c5c2CCCN5CCC1)CCC[N+]=4CCC3.O=C=O. The molecular formula is C99H97N6O17S2-. The van der Waals surface area contributed by atoms with E-state index in [0.717, 1.165) is 174 Å². The number of aromatic carboxylic acids is 3. The van der Waals surface area contributed by atoms with Gasteiger partial charge in [-0.2, -0.15) is 18.0 Å². The molecule has 11 aliphatic heterocycles. The average Bonchev–Trinajstić information content (AvgIpc) is 1.44. The van der Waals surface area contributed by atoms with Crippen molar-refractivity contribution < 1.29 is 79.4 Å². The Kier molecular flexibility index (Phi) is 20.6. The first kappa shape index (κ1) is 84.1. The van der Waals surface area contributed by atoms with E-state index in [9.17, 15) is 55.6 Å². The molecule has 0 radical (unpaired) electrons. The average molecular weight is 1710 g/mol. The van der Waals surface area contributed by atoms with Crippen molar-refractivity contribution in [3.8, 4) is 34.5 Å². The van der Waals surface area contributed by atoms with Gasteiger partial charge in [0.2, 0.25) is 10.7 Å². The summed E-state index contributed by atoms with van der Waals surface area (Å²) in [5.74, 6) is -0.900. The molecule has 0 saturated heterocycles. The zero-order valence-corrected chi connectivity index (χ0v) is 73.5. The molecule has 0 aliphatic carbocycles. The number of carbonyl (C=O) groups excluding carboxylic acids is 4. The molecule has 0 amide bonds. The van der Waals surface area contributed by atoms with Gasteiger partial charge in [-0.25, -0.2) is 22.4 Å². The Hall–Kier alpha value is -12.1. The number of carboxylic acid groups (broad SMARTS) is 3. The van der Waals surface area contributed by atoms with E-state index in [-0.39, 0.29) is 73.6 Å². The summed E-state index contributed by atoms with van der Waals surface area (Å²) in [5, 5.41) is 41.9. The van der Waals surface area contributed by atoms with Crippen LogP contribution in [0.5, 0.6) is 34.5 Å². The van der Waals surface area contributed by atoms with E-state index in [2.05, 4.69) is 133 Å². The number of likely N-dealkylation sites (N-methyl/N-ethyl adjacent to an activating group) is 2. The summed E-state index contributed by atoms with van der Waals surface area (Å²) in [5.41, 5.74) is 18.6. The predicted molar refractivity (Wildman–Crippen MR) is 466 cm³/mol. The van der Waals surface area contributed by atoms with E-state index in [1.165, 1.54) is 68.7 Å². The monoisotopic (exact) mass is 1710 g/mol. The molecule has 9 aromatic rings. The molecular weight excluding hydrogens is 1610 g/mol. The van der Waals surface area contributed by atoms with Crippen LogP contribution in [0.2, 0.25) is 0 Å². The number of allylic oxidation sites excluding steroid dienone is 2. The van der Waals surface area contributed by atoms with Crippen LogP contribution < -0.4 is 80.4 Å². The standard InChI is InChI=1S/C36H38N2O3.C32H30N2O3.C30H30N2O9S2.CO2/c1-9-37-29-17-31-27(15-25(29)21(3)19-35(37,5)6)33(23-13-11-12-14-24(23)34(39)40)28-16-26-22(4)20-36(7,8)38(10-2)30(26)18-32(28)41-31;35-32(36)22-10-2-1-9-21(22)27-25-17-19-7-3-13-33-15-5-11-23(28(19)33)30(25)37-31-24-12-6-16-34-14-4-8-20(29(24)34)18-26(27)31;1-13-29(3,4)19-11-17-21(15-7-9-16(10-8-15)28(33)34)18-12-20-23(32-14(2)30(20,5)6)27(43(38,39)40)25(18)41-24(17)26(22(19)31-13)42(35,36)37;2-1-3/h11-20H,9-10H2,1-8H3;1-2,9-10,17-18H,3-8,11-16H2;7-14,31H,1-6H3,(H,33,34)(H,35,36,37)(H,38,39,40);/p-1. The second kappa shape index (κ2) is 30.4. The maximum Gasteiger partial charge on any atom is 0.373 e. The van der Waals surface area contributed by atoms with E-state index < -0.39 is 64.5 Å². The second-order valence-corrected chi connectivity index (χ2v) is 38.8. The van der Waals surface area contributed by atoms with Gasteiger partial charge in [0, 0.05) is 163 Å². The van der Waals surface area contributed by atoms with E-state index >= 15 is 0 Å². The highest BCUT2D eigenvalue weighted by molar-refractivity contribution is 7.86. The van der Waals surface area contributed by atoms with Gasteiger partial charge in [0.15, 0.2) is 21.9 Å². The molecule has 0 aromatic heterocycles. The summed E-state index contributed by atoms with van der Waals surface area (Å²) in [7, 11) is -10.2. The van der Waals surface area contributed by atoms with Crippen molar-refractivity contribution in [2.24, 2.45) is 4.99 Å². The maximum atomic E-state index is 13.0. The van der Waals surface area contributed by atoms with Gasteiger partial charge in [0.25, 0.3) is 10.1 Å². The third kappa shape index (κ3) is 13.6. The third-order valence-corrected chi connectivity index (χ3v) is 29.2. The first-order valence-electron chi connectivity index (χ1n) is 42.4. The number of carboxylic acids is 3. The fourth-order valence-corrected chi connectivity index (χ4v) is 22.8. The first-order chi connectivity index (χ1) is 58.7. The summed E-state index contributed by atoms with van der Waals surface area (Å²) in [6.45, 7) is 34.9. The van der Waals surface area contributed by atoms with Gasteiger partial charge in [0.1, 0.15) is 57.6 Å². The van der Waals surface area contributed by atoms with Gasteiger partial charge >= 0.3 is 12.1 Å². The zero-order valence-electron chi connectivity index (χ0n) is 71.8. The molecule has 0 saturated carbocycles. The van der Waals surface area contributed by atoms with Crippen LogP contribution >= 0.6 is 0 Å². The van der Waals surface area contributed by atoms with Crippen molar-refractivity contribution in [2.75, 3.05) is 54.4 Å². The van der Waals surface area contributed by atoms with Gasteiger partial charge < -0.3 is 58.8 Å². The van der Waals surface area contributed by atoms with Crippen molar-refractivity contribution in [1.82, 2.24) is 9.15 Å². The van der Waals surface area contributed by atoms with Crippen LogP contribution in [0.1, 0.15) is 232 Å². The van der Waals surface area contributed by atoms with Crippen LogP contribution in [0.3, 0.4) is 0 Å². The fraction of sp³-hybridized carbons (Fsp3) is 0.343. The van der Waals surface area contributed by atoms with E-state index in [1.807, 2.05) is 58.9 Å². The first-order valence-corrected chi connectivity index (χ1v) is 45.2. The van der Waals surface area contributed by atoms with Gasteiger partial charge in [0.05, 0.1) is 51.8 Å². The summed E-state index contributed by atoms with van der Waals surface area (Å²) >= 11 is 0. The molecule has 638 valence electrons. The molecule has 20 rings (SSSR count). The second-order valence-electron chi connectivity index (χ2n) is 36.1. The summed E-state index contributed by atoms with van der Waals surface area (Å²) in [6, 6.07) is 36.3. The number of rotatable bonds is 10. The third-order valence-electron chi connectivity index (χ3n) is 27.4. The molecule has 25 heteroatoms. The molecule has 23 nitrogen and oxygen atoms in total. The summed E-state index contributed by atoms with van der Waals surface area (Å²) in [6.07, 6.45) is 13.5. The number of anilines is 3. The highest BCUT2D eigenvalue weighted by Gasteiger charge is 2.47. The number of hydrogen-bond acceptors (Lipinski definition) is 19. The van der Waals surface area contributed by atoms with Crippen LogP contribution in [0, 0.1) is 0 Å². The number of ether oxygens (including phenoxy) is 3. The van der Waals surface area contributed by atoms with Crippen molar-refractivity contribution in [3.05, 3.63) is 260 Å². The van der Waals surface area contributed by atoms with Crippen molar-refractivity contribution >= 4 is 89.2 Å². The van der Waals surface area contributed by atoms with E-state index in [0.29, 0.717) is 27.8 Å². The van der Waals surface area contributed by atoms with Gasteiger partial charge in [-0.05, 0) is 193 Å². The minimum Gasteiger partial charge on any atom is -0.744 e. The molecule has 3 N–H and O–H groups in total. The predicted octanol–water partition coefficient (Wildman–Crippen LogP) is 10.3. The molecule has 2 atom stereocenters. The Balaban J connectivity index is 0.000000130. The molecule has 124 heavy (non-hydrogen) atoms. The van der Waals surface area contributed by atoms with Crippen LogP contribution in [0.15, 0.2) is 148 Å². The topological polar surface area (TPSA) is 328 Å². The molecule has 9 aromatic carbocycles. The van der Waals surface area contributed by atoms with Crippen molar-refractivity contribution in [1.29, 1.82) is 0 Å². The van der Waals surface area contributed by atoms with Crippen LogP contribution in [0.25, 0.3) is 27.9 Å². The lowest BCUT2D eigenvalue weighted by Gasteiger charge is -2.43. The van der Waals surface area contributed by atoms with Crippen molar-refractivity contribution in [2.45, 2.75) is 192 Å². The number of aryl methyl sites for hydroxylation is 2. The smallest absolute Gasteiger partial charge is 0.373 e. The fourth-order valence-electron chi connectivity index (χ4n) is 21.2. The number of carbonyl (C=O) groups is 3. The van der Waals surface area contributed by atoms with Gasteiger partial charge in [-0.15, -0.1) is 0 Å². The van der Waals surface area contributed by atoms with Crippen LogP contribution in [-0.2, 0) is 66.3 Å². The number of hydrogen-bond donors (Lipinski definition) is 3. The summed E-state index contributed by atoms with van der Waals surface area (Å²) < 4.78 is 100. The normalized spacial score (nSPS) is 18.9. The minimum atomic E-state index is -5.22. The largest absolute Gasteiger partial charge is 0.744 e. The Bertz CT molecular complexity index is 7050. The Morgan fingerprint density at radius 1 is 0.605 bits per heavy atom. The molecule has 11 heterocycles. The molecule has 2 unspecified atom stereocenters. The van der Waals surface area contributed by atoms with Gasteiger partial charge in [-0.3, -0.25) is 9.55 Å². The highest BCUT2D eigenvalue weighted by atomic mass is 32.2. The lowest BCUT2D eigenvalue weighted by atomic mass is 9.78. The number of nitrogens with zero attached hydrogens (tertiary/aromatic N) is 5. The lowest BCUT2D eigenvalue weighted by Crippen LogP contribution is -2.49. The maximum absolute atomic E-state index is 13.0. The van der Waals surface area contributed by atoms with E-state index in [4.69, 9.17) is 23.8 Å². The van der Waals surface area contributed by atoms with Crippen LogP contribution in [-0.4, -0.2) is 118 Å². The van der Waals surface area contributed by atoms with Crippen molar-refractivity contribution in [3.63, 3.8) is 0 Å². The lowest BCUT2D eigenvalue weighted by molar-refractivity contribution is -0.256. The number of nitrogens with one attached hydrogen (secondary N) is 1. The van der Waals surface area contributed by atoms with E-state index in [1.54, 1.807) is 43.3 Å². The summed E-state index contributed by atoms with van der Waals surface area (Å²) in [4.78, 5) is 60.7. The number of benzene rings is 9. The number of fused-ring (bicyclic) bond motifs is 12. The Labute approximate surface area is 719 Å². The zero-order chi connectivity index (χ0) is 88.4. The molecule has 0 spiro atoms. The minimum absolute atomic E-state index is 0.00544. The molecule has 0 fully saturated rings.